The van der Waals surface area contributed by atoms with Gasteiger partial charge in [0.2, 0.25) is 11.8 Å². The Kier molecular flexibility index (Phi) is 4.88. The van der Waals surface area contributed by atoms with E-state index in [0.29, 0.717) is 25.9 Å². The minimum Gasteiger partial charge on any atom is -0.342 e. The second kappa shape index (κ2) is 6.65. The van der Waals surface area contributed by atoms with Crippen LogP contribution in [0.1, 0.15) is 26.2 Å². The van der Waals surface area contributed by atoms with Crippen molar-refractivity contribution in [3.05, 3.63) is 29.8 Å². The number of carbonyl (C=O) groups is 2. The van der Waals surface area contributed by atoms with Crippen LogP contribution in [0, 0.1) is 17.6 Å². The first-order chi connectivity index (χ1) is 10.0. The van der Waals surface area contributed by atoms with Gasteiger partial charge < -0.3 is 10.2 Å². The van der Waals surface area contributed by atoms with E-state index in [1.807, 2.05) is 0 Å². The maximum atomic E-state index is 13.5. The third-order valence-corrected chi connectivity index (χ3v) is 3.64. The van der Waals surface area contributed by atoms with Crippen LogP contribution in [0.4, 0.5) is 14.5 Å². The summed E-state index contributed by atoms with van der Waals surface area (Å²) >= 11 is 0. The number of amides is 2. The molecule has 114 valence electrons. The average Bonchev–Trinajstić information content (AvgIpc) is 2.49. The molecule has 2 amide bonds. The van der Waals surface area contributed by atoms with Gasteiger partial charge in [-0.3, -0.25) is 9.59 Å². The maximum absolute atomic E-state index is 13.5. The van der Waals surface area contributed by atoms with Crippen molar-refractivity contribution in [3.8, 4) is 0 Å². The quantitative estimate of drug-likeness (QED) is 0.932. The van der Waals surface area contributed by atoms with Gasteiger partial charge in [-0.15, -0.1) is 0 Å². The number of hydrogen-bond acceptors (Lipinski definition) is 2. The van der Waals surface area contributed by atoms with E-state index in [9.17, 15) is 18.4 Å². The predicted octanol–water partition coefficient (Wildman–Crippen LogP) is 2.55. The van der Waals surface area contributed by atoms with Crippen LogP contribution in [-0.2, 0) is 9.59 Å². The molecule has 21 heavy (non-hydrogen) atoms. The largest absolute Gasteiger partial charge is 0.342 e. The monoisotopic (exact) mass is 296 g/mol. The predicted molar refractivity (Wildman–Crippen MR) is 74.6 cm³/mol. The van der Waals surface area contributed by atoms with E-state index >= 15 is 0 Å². The zero-order chi connectivity index (χ0) is 15.4. The summed E-state index contributed by atoms with van der Waals surface area (Å²) in [5.41, 5.74) is -0.0414. The highest BCUT2D eigenvalue weighted by molar-refractivity contribution is 5.93. The molecule has 0 spiro atoms. The lowest BCUT2D eigenvalue weighted by Crippen LogP contribution is -2.43. The lowest BCUT2D eigenvalue weighted by atomic mass is 9.96. The summed E-state index contributed by atoms with van der Waals surface area (Å²) in [6.07, 6.45) is 1.80. The number of likely N-dealkylation sites (tertiary alicyclic amines) is 1. The van der Waals surface area contributed by atoms with E-state index in [1.54, 1.807) is 11.8 Å². The first kappa shape index (κ1) is 15.4. The van der Waals surface area contributed by atoms with Crippen LogP contribution in [0.5, 0.6) is 0 Å². The summed E-state index contributed by atoms with van der Waals surface area (Å²) in [4.78, 5) is 25.5. The fraction of sp³-hybridized carbons (Fsp3) is 0.467. The third kappa shape index (κ3) is 3.77. The lowest BCUT2D eigenvalue weighted by Gasteiger charge is -2.31. The summed E-state index contributed by atoms with van der Waals surface area (Å²) in [7, 11) is 0. The van der Waals surface area contributed by atoms with Gasteiger partial charge in [0.1, 0.15) is 11.6 Å². The fourth-order valence-electron chi connectivity index (χ4n) is 2.47. The molecule has 0 radical (unpaired) electrons. The van der Waals surface area contributed by atoms with Gasteiger partial charge >= 0.3 is 0 Å². The molecule has 1 aromatic carbocycles. The molecule has 0 aromatic heterocycles. The molecule has 1 heterocycles. The molecule has 0 aliphatic carbocycles. The molecule has 1 fully saturated rings. The molecular weight excluding hydrogens is 278 g/mol. The molecule has 2 rings (SSSR count). The first-order valence-corrected chi connectivity index (χ1v) is 7.05. The molecule has 0 bridgehead atoms. The number of nitrogens with zero attached hydrogens (tertiary/aromatic N) is 1. The molecule has 1 unspecified atom stereocenters. The van der Waals surface area contributed by atoms with Gasteiger partial charge in [-0.2, -0.15) is 0 Å². The van der Waals surface area contributed by atoms with Gasteiger partial charge in [-0.1, -0.05) is 6.92 Å². The van der Waals surface area contributed by atoms with Crippen LogP contribution in [0.2, 0.25) is 0 Å². The Balaban J connectivity index is 2.01. The molecule has 1 N–H and O–H groups in total. The Morgan fingerprint density at radius 3 is 2.81 bits per heavy atom. The molecule has 1 aliphatic rings. The number of piperidine rings is 1. The summed E-state index contributed by atoms with van der Waals surface area (Å²) in [5.74, 6) is -2.18. The standard InChI is InChI=1S/C15H18F2N2O2/c1-2-14(20)19-7-3-4-10(9-19)15(21)18-13-6-5-11(16)8-12(13)17/h5-6,8,10H,2-4,7,9H2,1H3,(H,18,21). The summed E-state index contributed by atoms with van der Waals surface area (Å²) in [5, 5.41) is 2.47. The minimum absolute atomic E-state index is 0.0143. The van der Waals surface area contributed by atoms with E-state index in [4.69, 9.17) is 0 Å². The van der Waals surface area contributed by atoms with Crippen molar-refractivity contribution < 1.29 is 18.4 Å². The number of rotatable bonds is 3. The molecule has 1 aliphatic heterocycles. The summed E-state index contributed by atoms with van der Waals surface area (Å²) in [6.45, 7) is 2.78. The van der Waals surface area contributed by atoms with Gasteiger partial charge in [-0.05, 0) is 25.0 Å². The second-order valence-electron chi connectivity index (χ2n) is 5.15. The van der Waals surface area contributed by atoms with E-state index in [2.05, 4.69) is 5.32 Å². The lowest BCUT2D eigenvalue weighted by molar-refractivity contribution is -0.134. The molecular formula is C15H18F2N2O2. The smallest absolute Gasteiger partial charge is 0.229 e. The molecule has 0 saturated carbocycles. The number of anilines is 1. The van der Waals surface area contributed by atoms with E-state index in [1.165, 1.54) is 6.07 Å². The zero-order valence-electron chi connectivity index (χ0n) is 11.9. The second-order valence-corrected chi connectivity index (χ2v) is 5.15. The van der Waals surface area contributed by atoms with Crippen molar-refractivity contribution in [1.82, 2.24) is 4.90 Å². The number of nitrogens with one attached hydrogen (secondary N) is 1. The van der Waals surface area contributed by atoms with Gasteiger partial charge in [0.25, 0.3) is 0 Å². The number of carbonyl (C=O) groups excluding carboxylic acids is 2. The van der Waals surface area contributed by atoms with Crippen molar-refractivity contribution in [3.63, 3.8) is 0 Å². The van der Waals surface area contributed by atoms with Crippen molar-refractivity contribution >= 4 is 17.5 Å². The van der Waals surface area contributed by atoms with Crippen LogP contribution >= 0.6 is 0 Å². The number of hydrogen-bond donors (Lipinski definition) is 1. The SMILES string of the molecule is CCC(=O)N1CCCC(C(=O)Nc2ccc(F)cc2F)C1. The van der Waals surface area contributed by atoms with Crippen LogP contribution in [0.3, 0.4) is 0 Å². The Hall–Kier alpha value is -1.98. The number of halogens is 2. The summed E-state index contributed by atoms with van der Waals surface area (Å²) < 4.78 is 26.3. The highest BCUT2D eigenvalue weighted by Crippen LogP contribution is 2.21. The maximum Gasteiger partial charge on any atom is 0.229 e. The molecule has 1 atom stereocenters. The van der Waals surface area contributed by atoms with Gasteiger partial charge in [0, 0.05) is 25.6 Å². The molecule has 1 aromatic rings. The zero-order valence-corrected chi connectivity index (χ0v) is 11.9. The van der Waals surface area contributed by atoms with Gasteiger partial charge in [-0.25, -0.2) is 8.78 Å². The van der Waals surface area contributed by atoms with Crippen LogP contribution in [0.25, 0.3) is 0 Å². The van der Waals surface area contributed by atoms with Gasteiger partial charge in [0.15, 0.2) is 0 Å². The minimum atomic E-state index is -0.805. The van der Waals surface area contributed by atoms with Crippen LogP contribution in [0.15, 0.2) is 18.2 Å². The van der Waals surface area contributed by atoms with Crippen LogP contribution in [-0.4, -0.2) is 29.8 Å². The topological polar surface area (TPSA) is 49.4 Å². The Bertz CT molecular complexity index is 548. The van der Waals surface area contributed by atoms with Crippen molar-refractivity contribution in [2.75, 3.05) is 18.4 Å². The fourth-order valence-corrected chi connectivity index (χ4v) is 2.47. The normalized spacial score (nSPS) is 18.4. The van der Waals surface area contributed by atoms with Crippen molar-refractivity contribution in [1.29, 1.82) is 0 Å². The Morgan fingerprint density at radius 1 is 1.38 bits per heavy atom. The van der Waals surface area contributed by atoms with E-state index in [-0.39, 0.29) is 23.4 Å². The van der Waals surface area contributed by atoms with Gasteiger partial charge in [0.05, 0.1) is 11.6 Å². The molecule has 4 nitrogen and oxygen atoms in total. The third-order valence-electron chi connectivity index (χ3n) is 3.64. The highest BCUT2D eigenvalue weighted by atomic mass is 19.1. The van der Waals surface area contributed by atoms with Crippen molar-refractivity contribution in [2.45, 2.75) is 26.2 Å². The first-order valence-electron chi connectivity index (χ1n) is 7.05. The molecule has 1 saturated heterocycles. The van der Waals surface area contributed by atoms with Crippen LogP contribution < -0.4 is 5.32 Å². The van der Waals surface area contributed by atoms with E-state index in [0.717, 1.165) is 18.6 Å². The Labute approximate surface area is 122 Å². The summed E-state index contributed by atoms with van der Waals surface area (Å²) in [6, 6.07) is 3.01. The van der Waals surface area contributed by atoms with E-state index < -0.39 is 11.6 Å². The molecule has 6 heteroatoms. The highest BCUT2D eigenvalue weighted by Gasteiger charge is 2.28. The number of benzene rings is 1. The Morgan fingerprint density at radius 2 is 2.14 bits per heavy atom. The average molecular weight is 296 g/mol. The van der Waals surface area contributed by atoms with Crippen molar-refractivity contribution in [2.24, 2.45) is 5.92 Å².